The zero-order valence-electron chi connectivity index (χ0n) is 8.04. The van der Waals surface area contributed by atoms with Crippen LogP contribution >= 0.6 is 11.8 Å². The van der Waals surface area contributed by atoms with Crippen molar-refractivity contribution in [2.45, 2.75) is 17.4 Å². The standard InChI is InChI=1S/C8H12N2O4S/c1-15-8-9-2-4(7(14)10-8)6(13)5(12)3-11/h2,5-6,11-13H,3H2,1H3,(H,9,10,14). The third-order valence-electron chi connectivity index (χ3n) is 1.87. The number of hydrogen-bond donors (Lipinski definition) is 4. The van der Waals surface area contributed by atoms with Crippen LogP contribution in [0.5, 0.6) is 0 Å². The van der Waals surface area contributed by atoms with E-state index in [9.17, 15) is 9.90 Å². The molecular weight excluding hydrogens is 220 g/mol. The van der Waals surface area contributed by atoms with Gasteiger partial charge in [-0.15, -0.1) is 0 Å². The van der Waals surface area contributed by atoms with E-state index in [1.807, 2.05) is 0 Å². The second-order valence-corrected chi connectivity index (χ2v) is 3.67. The van der Waals surface area contributed by atoms with Gasteiger partial charge in [0.1, 0.15) is 12.2 Å². The molecule has 1 rings (SSSR count). The first-order valence-corrected chi connectivity index (χ1v) is 5.42. The van der Waals surface area contributed by atoms with Gasteiger partial charge in [0.05, 0.1) is 12.2 Å². The number of nitrogens with one attached hydrogen (secondary N) is 1. The van der Waals surface area contributed by atoms with Gasteiger partial charge in [-0.3, -0.25) is 4.79 Å². The van der Waals surface area contributed by atoms with Gasteiger partial charge in [-0.2, -0.15) is 0 Å². The molecule has 6 nitrogen and oxygen atoms in total. The fourth-order valence-corrected chi connectivity index (χ4v) is 1.36. The van der Waals surface area contributed by atoms with Crippen molar-refractivity contribution in [2.24, 2.45) is 0 Å². The average molecular weight is 232 g/mol. The summed E-state index contributed by atoms with van der Waals surface area (Å²) in [7, 11) is 0. The SMILES string of the molecule is CSc1ncc(C(O)C(O)CO)c(=O)[nH]1. The molecule has 0 bridgehead atoms. The molecule has 0 radical (unpaired) electrons. The first kappa shape index (κ1) is 12.2. The van der Waals surface area contributed by atoms with Crippen LogP contribution in [0.4, 0.5) is 0 Å². The number of rotatable bonds is 4. The van der Waals surface area contributed by atoms with E-state index in [-0.39, 0.29) is 5.56 Å². The highest BCUT2D eigenvalue weighted by atomic mass is 32.2. The first-order valence-electron chi connectivity index (χ1n) is 4.20. The molecule has 0 spiro atoms. The maximum absolute atomic E-state index is 11.4. The Hall–Kier alpha value is -0.890. The van der Waals surface area contributed by atoms with Crippen molar-refractivity contribution in [3.05, 3.63) is 22.1 Å². The van der Waals surface area contributed by atoms with Crippen molar-refractivity contribution in [2.75, 3.05) is 12.9 Å². The summed E-state index contributed by atoms with van der Waals surface area (Å²) in [6.45, 7) is -0.620. The van der Waals surface area contributed by atoms with E-state index in [1.54, 1.807) is 6.26 Å². The molecule has 2 atom stereocenters. The molecule has 0 aliphatic heterocycles. The normalized spacial score (nSPS) is 14.9. The van der Waals surface area contributed by atoms with E-state index >= 15 is 0 Å². The molecule has 7 heteroatoms. The molecule has 4 N–H and O–H groups in total. The Morgan fingerprint density at radius 3 is 2.73 bits per heavy atom. The van der Waals surface area contributed by atoms with Crippen molar-refractivity contribution >= 4 is 11.8 Å². The zero-order valence-corrected chi connectivity index (χ0v) is 8.86. The number of nitrogens with zero attached hydrogens (tertiary/aromatic N) is 1. The summed E-state index contributed by atoms with van der Waals surface area (Å²) in [6.07, 6.45) is 0.126. The number of aromatic nitrogens is 2. The van der Waals surface area contributed by atoms with Crippen LogP contribution in [-0.4, -0.2) is 44.3 Å². The maximum Gasteiger partial charge on any atom is 0.257 e. The Balaban J connectivity index is 3.00. The van der Waals surface area contributed by atoms with Gasteiger partial charge in [-0.05, 0) is 6.26 Å². The number of aliphatic hydroxyl groups excluding tert-OH is 3. The van der Waals surface area contributed by atoms with Gasteiger partial charge in [0.2, 0.25) is 0 Å². The van der Waals surface area contributed by atoms with Crippen LogP contribution < -0.4 is 5.56 Å². The van der Waals surface area contributed by atoms with Crippen LogP contribution in [-0.2, 0) is 0 Å². The molecule has 2 unspecified atom stereocenters. The van der Waals surface area contributed by atoms with Crippen LogP contribution in [0.15, 0.2) is 16.1 Å². The summed E-state index contributed by atoms with van der Waals surface area (Å²) in [5.74, 6) is 0. The summed E-state index contributed by atoms with van der Waals surface area (Å²) in [6, 6.07) is 0. The Bertz CT molecular complexity index is 381. The molecule has 1 aromatic rings. The fourth-order valence-electron chi connectivity index (χ4n) is 1.01. The highest BCUT2D eigenvalue weighted by Gasteiger charge is 2.20. The van der Waals surface area contributed by atoms with Crippen molar-refractivity contribution < 1.29 is 15.3 Å². The van der Waals surface area contributed by atoms with Crippen LogP contribution in [0.25, 0.3) is 0 Å². The van der Waals surface area contributed by atoms with E-state index in [4.69, 9.17) is 10.2 Å². The molecule has 84 valence electrons. The maximum atomic E-state index is 11.4. The van der Waals surface area contributed by atoms with Gasteiger partial charge in [0.25, 0.3) is 5.56 Å². The predicted octanol–water partition coefficient (Wildman–Crippen LogP) is -1.12. The third-order valence-corrected chi connectivity index (χ3v) is 2.46. The van der Waals surface area contributed by atoms with E-state index in [0.717, 1.165) is 0 Å². The largest absolute Gasteiger partial charge is 0.394 e. The van der Waals surface area contributed by atoms with E-state index in [0.29, 0.717) is 5.16 Å². The lowest BCUT2D eigenvalue weighted by atomic mass is 10.1. The summed E-state index contributed by atoms with van der Waals surface area (Å²) in [5.41, 5.74) is -0.580. The van der Waals surface area contributed by atoms with Gasteiger partial charge in [-0.25, -0.2) is 4.98 Å². The Morgan fingerprint density at radius 2 is 2.27 bits per heavy atom. The number of thioether (sulfide) groups is 1. The summed E-state index contributed by atoms with van der Waals surface area (Å²) in [4.78, 5) is 17.7. The lowest BCUT2D eigenvalue weighted by Crippen LogP contribution is -2.28. The number of aliphatic hydroxyl groups is 3. The Morgan fingerprint density at radius 1 is 1.60 bits per heavy atom. The van der Waals surface area contributed by atoms with Gasteiger partial charge >= 0.3 is 0 Å². The molecule has 1 aromatic heterocycles. The molecule has 0 amide bonds. The topological polar surface area (TPSA) is 106 Å². The molecule has 0 aliphatic carbocycles. The molecule has 0 aliphatic rings. The van der Waals surface area contributed by atoms with Gasteiger partial charge in [0.15, 0.2) is 5.16 Å². The minimum absolute atomic E-state index is 0.0608. The first-order chi connectivity index (χ1) is 7.10. The van der Waals surface area contributed by atoms with Gasteiger partial charge in [0, 0.05) is 6.20 Å². The van der Waals surface area contributed by atoms with Crippen LogP contribution in [0.1, 0.15) is 11.7 Å². The molecule has 1 heterocycles. The van der Waals surface area contributed by atoms with E-state index in [1.165, 1.54) is 18.0 Å². The summed E-state index contributed by atoms with van der Waals surface area (Å²) in [5, 5.41) is 27.6. The molecule has 0 aromatic carbocycles. The second kappa shape index (κ2) is 5.26. The second-order valence-electron chi connectivity index (χ2n) is 2.87. The van der Waals surface area contributed by atoms with Crippen molar-refractivity contribution in [1.29, 1.82) is 0 Å². The fraction of sp³-hybridized carbons (Fsp3) is 0.500. The quantitative estimate of drug-likeness (QED) is 0.387. The molecule has 0 saturated heterocycles. The van der Waals surface area contributed by atoms with Crippen molar-refractivity contribution in [1.82, 2.24) is 9.97 Å². The lowest BCUT2D eigenvalue weighted by molar-refractivity contribution is -0.0161. The van der Waals surface area contributed by atoms with Crippen LogP contribution in [0.3, 0.4) is 0 Å². The smallest absolute Gasteiger partial charge is 0.257 e. The zero-order chi connectivity index (χ0) is 11.4. The van der Waals surface area contributed by atoms with Crippen molar-refractivity contribution in [3.63, 3.8) is 0 Å². The highest BCUT2D eigenvalue weighted by molar-refractivity contribution is 7.98. The minimum atomic E-state index is -1.43. The molecule has 15 heavy (non-hydrogen) atoms. The third kappa shape index (κ3) is 2.78. The summed E-state index contributed by atoms with van der Waals surface area (Å²) >= 11 is 1.26. The Kier molecular flexibility index (Phi) is 4.28. The number of aromatic amines is 1. The highest BCUT2D eigenvalue weighted by Crippen LogP contribution is 2.13. The average Bonchev–Trinajstić information content (AvgIpc) is 2.26. The Labute approximate surface area is 90.0 Å². The van der Waals surface area contributed by atoms with Gasteiger partial charge in [-0.1, -0.05) is 11.8 Å². The minimum Gasteiger partial charge on any atom is -0.394 e. The van der Waals surface area contributed by atoms with Gasteiger partial charge < -0.3 is 20.3 Å². The monoisotopic (exact) mass is 232 g/mol. The van der Waals surface area contributed by atoms with E-state index < -0.39 is 24.4 Å². The van der Waals surface area contributed by atoms with Crippen LogP contribution in [0.2, 0.25) is 0 Å². The molecule has 0 fully saturated rings. The predicted molar refractivity (Wildman–Crippen MR) is 54.7 cm³/mol. The lowest BCUT2D eigenvalue weighted by Gasteiger charge is -2.14. The van der Waals surface area contributed by atoms with E-state index in [2.05, 4.69) is 9.97 Å². The summed E-state index contributed by atoms with van der Waals surface area (Å²) < 4.78 is 0. The number of hydrogen-bond acceptors (Lipinski definition) is 6. The van der Waals surface area contributed by atoms with Crippen molar-refractivity contribution in [3.8, 4) is 0 Å². The number of H-pyrrole nitrogens is 1. The molecular formula is C8H12N2O4S. The van der Waals surface area contributed by atoms with Crippen LogP contribution in [0, 0.1) is 0 Å². The molecule has 0 saturated carbocycles.